The Morgan fingerprint density at radius 1 is 1.05 bits per heavy atom. The molecule has 0 atom stereocenters. The van der Waals surface area contributed by atoms with E-state index in [2.05, 4.69) is 22.6 Å². The number of benzene rings is 2. The molecule has 0 aromatic heterocycles. The minimum absolute atomic E-state index is 0.158. The van der Waals surface area contributed by atoms with Crippen molar-refractivity contribution in [3.8, 4) is 0 Å². The van der Waals surface area contributed by atoms with E-state index < -0.39 is 0 Å². The molecule has 2 rings (SSSR count). The summed E-state index contributed by atoms with van der Waals surface area (Å²) in [6, 6.07) is 15.8. The number of nitrogens with two attached hydrogens (primary N) is 1. The molecule has 0 aliphatic rings. The van der Waals surface area contributed by atoms with Crippen LogP contribution in [0.25, 0.3) is 0 Å². The molecule has 0 radical (unpaired) electrons. The lowest BCUT2D eigenvalue weighted by atomic mass is 9.97. The molecule has 0 heterocycles. The van der Waals surface area contributed by atoms with E-state index in [0.29, 0.717) is 13.0 Å². The minimum Gasteiger partial charge on any atom is -0.330 e. The van der Waals surface area contributed by atoms with Gasteiger partial charge in [0, 0.05) is 15.6 Å². The standard InChI is InChI=1S/C16H16INO/c17-14-7-5-12(6-8-14)11-16(19)15-4-2-1-3-13(15)9-10-18/h1-8H,9-11,18H2. The quantitative estimate of drug-likeness (QED) is 0.653. The number of hydrogen-bond acceptors (Lipinski definition) is 2. The van der Waals surface area contributed by atoms with E-state index in [9.17, 15) is 4.79 Å². The molecule has 0 spiro atoms. The van der Waals surface area contributed by atoms with Crippen molar-refractivity contribution in [3.63, 3.8) is 0 Å². The van der Waals surface area contributed by atoms with Crippen LogP contribution in [0.5, 0.6) is 0 Å². The fourth-order valence-electron chi connectivity index (χ4n) is 2.05. The third-order valence-corrected chi connectivity index (χ3v) is 3.73. The van der Waals surface area contributed by atoms with Crippen LogP contribution in [0.15, 0.2) is 48.5 Å². The molecule has 2 N–H and O–H groups in total. The Kier molecular flexibility index (Phi) is 5.10. The lowest BCUT2D eigenvalue weighted by Gasteiger charge is -2.07. The van der Waals surface area contributed by atoms with Crippen LogP contribution < -0.4 is 5.73 Å². The zero-order valence-electron chi connectivity index (χ0n) is 10.6. The van der Waals surface area contributed by atoms with Crippen molar-refractivity contribution < 1.29 is 4.79 Å². The van der Waals surface area contributed by atoms with Gasteiger partial charge >= 0.3 is 0 Å². The van der Waals surface area contributed by atoms with Crippen LogP contribution in [0.4, 0.5) is 0 Å². The van der Waals surface area contributed by atoms with Gasteiger partial charge in [-0.2, -0.15) is 0 Å². The van der Waals surface area contributed by atoms with Gasteiger partial charge in [-0.25, -0.2) is 0 Å². The second-order valence-electron chi connectivity index (χ2n) is 4.42. The number of carbonyl (C=O) groups excluding carboxylic acids is 1. The largest absolute Gasteiger partial charge is 0.330 e. The normalized spacial score (nSPS) is 10.4. The molecule has 19 heavy (non-hydrogen) atoms. The topological polar surface area (TPSA) is 43.1 Å². The van der Waals surface area contributed by atoms with Gasteiger partial charge in [-0.15, -0.1) is 0 Å². The second-order valence-corrected chi connectivity index (χ2v) is 5.67. The van der Waals surface area contributed by atoms with Crippen LogP contribution in [0, 0.1) is 3.57 Å². The molecular weight excluding hydrogens is 349 g/mol. The van der Waals surface area contributed by atoms with Gasteiger partial charge in [-0.05, 0) is 58.8 Å². The third-order valence-electron chi connectivity index (χ3n) is 3.01. The Hall–Kier alpha value is -1.20. The summed E-state index contributed by atoms with van der Waals surface area (Å²) in [7, 11) is 0. The maximum absolute atomic E-state index is 12.4. The first kappa shape index (κ1) is 14.2. The van der Waals surface area contributed by atoms with E-state index >= 15 is 0 Å². The summed E-state index contributed by atoms with van der Waals surface area (Å²) < 4.78 is 1.18. The van der Waals surface area contributed by atoms with Crippen LogP contribution in [0.1, 0.15) is 21.5 Å². The van der Waals surface area contributed by atoms with E-state index in [4.69, 9.17) is 5.73 Å². The van der Waals surface area contributed by atoms with Gasteiger partial charge in [0.15, 0.2) is 5.78 Å². The SMILES string of the molecule is NCCc1ccccc1C(=O)Cc1ccc(I)cc1. The summed E-state index contributed by atoms with van der Waals surface area (Å²) >= 11 is 2.26. The summed E-state index contributed by atoms with van der Waals surface area (Å²) in [5, 5.41) is 0. The van der Waals surface area contributed by atoms with Gasteiger partial charge in [0.2, 0.25) is 0 Å². The number of halogens is 1. The molecule has 0 unspecified atom stereocenters. The van der Waals surface area contributed by atoms with Crippen molar-refractivity contribution in [2.24, 2.45) is 5.73 Å². The lowest BCUT2D eigenvalue weighted by molar-refractivity contribution is 0.0992. The van der Waals surface area contributed by atoms with E-state index in [-0.39, 0.29) is 5.78 Å². The highest BCUT2D eigenvalue weighted by molar-refractivity contribution is 14.1. The zero-order valence-corrected chi connectivity index (χ0v) is 12.8. The van der Waals surface area contributed by atoms with Gasteiger partial charge in [-0.1, -0.05) is 36.4 Å². The zero-order chi connectivity index (χ0) is 13.7. The highest BCUT2D eigenvalue weighted by atomic mass is 127. The van der Waals surface area contributed by atoms with Crippen LogP contribution in [0.2, 0.25) is 0 Å². The summed E-state index contributed by atoms with van der Waals surface area (Å²) in [6.07, 6.45) is 1.19. The first-order valence-corrected chi connectivity index (χ1v) is 7.34. The fourth-order valence-corrected chi connectivity index (χ4v) is 2.41. The molecule has 2 aromatic rings. The minimum atomic E-state index is 0.158. The Bertz CT molecular complexity index is 563. The molecule has 0 amide bonds. The summed E-state index contributed by atoms with van der Waals surface area (Å²) in [6.45, 7) is 0.563. The number of carbonyl (C=O) groups is 1. The molecule has 0 aliphatic heterocycles. The molecule has 0 saturated heterocycles. The third kappa shape index (κ3) is 3.88. The predicted octanol–water partition coefficient (Wildman–Crippen LogP) is 3.22. The molecule has 2 aromatic carbocycles. The van der Waals surface area contributed by atoms with Crippen LogP contribution in [-0.4, -0.2) is 12.3 Å². The second kappa shape index (κ2) is 6.82. The Morgan fingerprint density at radius 2 is 1.74 bits per heavy atom. The molecule has 98 valence electrons. The van der Waals surface area contributed by atoms with Gasteiger partial charge < -0.3 is 5.73 Å². The highest BCUT2D eigenvalue weighted by Crippen LogP contribution is 2.14. The summed E-state index contributed by atoms with van der Waals surface area (Å²) in [5.41, 5.74) is 8.48. The number of ketones is 1. The Labute approximate surface area is 127 Å². The molecule has 2 nitrogen and oxygen atoms in total. The molecule has 0 fully saturated rings. The van der Waals surface area contributed by atoms with Crippen LogP contribution in [0.3, 0.4) is 0 Å². The van der Waals surface area contributed by atoms with E-state index in [1.165, 1.54) is 3.57 Å². The highest BCUT2D eigenvalue weighted by Gasteiger charge is 2.11. The average Bonchev–Trinajstić information content (AvgIpc) is 2.42. The maximum atomic E-state index is 12.4. The van der Waals surface area contributed by atoms with Gasteiger partial charge in [-0.3, -0.25) is 4.79 Å². The summed E-state index contributed by atoms with van der Waals surface area (Å²) in [4.78, 5) is 12.4. The maximum Gasteiger partial charge on any atom is 0.167 e. The van der Waals surface area contributed by atoms with Crippen molar-refractivity contribution in [1.29, 1.82) is 0 Å². The monoisotopic (exact) mass is 365 g/mol. The molecule has 0 saturated carbocycles. The van der Waals surface area contributed by atoms with E-state index in [0.717, 1.165) is 23.1 Å². The predicted molar refractivity (Wildman–Crippen MR) is 86.4 cm³/mol. The average molecular weight is 365 g/mol. The Balaban J connectivity index is 2.18. The first-order chi connectivity index (χ1) is 9.20. The molecular formula is C16H16INO. The van der Waals surface area contributed by atoms with Crippen LogP contribution in [-0.2, 0) is 12.8 Å². The molecule has 3 heteroatoms. The fraction of sp³-hybridized carbons (Fsp3) is 0.188. The van der Waals surface area contributed by atoms with Crippen molar-refractivity contribution in [2.45, 2.75) is 12.8 Å². The van der Waals surface area contributed by atoms with Crippen molar-refractivity contribution in [1.82, 2.24) is 0 Å². The first-order valence-electron chi connectivity index (χ1n) is 6.26. The lowest BCUT2D eigenvalue weighted by Crippen LogP contribution is -2.10. The van der Waals surface area contributed by atoms with E-state index in [1.54, 1.807) is 0 Å². The van der Waals surface area contributed by atoms with Gasteiger partial charge in [0.05, 0.1) is 0 Å². The summed E-state index contributed by atoms with van der Waals surface area (Å²) in [5.74, 6) is 0.158. The number of rotatable bonds is 5. The van der Waals surface area contributed by atoms with Gasteiger partial charge in [0.25, 0.3) is 0 Å². The smallest absolute Gasteiger partial charge is 0.167 e. The van der Waals surface area contributed by atoms with Gasteiger partial charge in [0.1, 0.15) is 0 Å². The van der Waals surface area contributed by atoms with E-state index in [1.807, 2.05) is 48.5 Å². The van der Waals surface area contributed by atoms with Crippen molar-refractivity contribution >= 4 is 28.4 Å². The molecule has 0 aliphatic carbocycles. The number of hydrogen-bond donors (Lipinski definition) is 1. The molecule has 0 bridgehead atoms. The Morgan fingerprint density at radius 3 is 2.42 bits per heavy atom. The number of Topliss-reactive ketones (excluding diaryl/α,β-unsaturated/α-hetero) is 1. The van der Waals surface area contributed by atoms with Crippen molar-refractivity contribution in [3.05, 3.63) is 68.8 Å². The van der Waals surface area contributed by atoms with Crippen LogP contribution >= 0.6 is 22.6 Å². The van der Waals surface area contributed by atoms with Crippen molar-refractivity contribution in [2.75, 3.05) is 6.54 Å².